The fourth-order valence-corrected chi connectivity index (χ4v) is 4.78. The molecule has 194 valence electrons. The maximum absolute atomic E-state index is 13.6. The molecule has 0 amide bonds. The maximum atomic E-state index is 13.6. The molecule has 2 heterocycles. The Balaban J connectivity index is 1.46. The summed E-state index contributed by atoms with van der Waals surface area (Å²) in [4.78, 5) is 9.18. The van der Waals surface area contributed by atoms with Gasteiger partial charge in [0.25, 0.3) is 0 Å². The number of halogens is 1. The number of amidine groups is 1. The summed E-state index contributed by atoms with van der Waals surface area (Å²) in [6.07, 6.45) is 7.78. The molecule has 38 heavy (non-hydrogen) atoms. The first-order valence-electron chi connectivity index (χ1n) is 12.8. The van der Waals surface area contributed by atoms with Gasteiger partial charge < -0.3 is 20.4 Å². The number of nitrogens with one attached hydrogen (secondary N) is 1. The van der Waals surface area contributed by atoms with Gasteiger partial charge in [0.05, 0.1) is 36.9 Å². The molecule has 1 aliphatic rings. The van der Waals surface area contributed by atoms with Gasteiger partial charge in [-0.15, -0.1) is 0 Å². The van der Waals surface area contributed by atoms with Gasteiger partial charge in [0.1, 0.15) is 17.4 Å². The van der Waals surface area contributed by atoms with Crippen LogP contribution in [0.4, 0.5) is 4.39 Å². The minimum absolute atomic E-state index is 0.247. The summed E-state index contributed by atoms with van der Waals surface area (Å²) in [5, 5.41) is 3.64. The van der Waals surface area contributed by atoms with Crippen molar-refractivity contribution in [3.63, 3.8) is 0 Å². The van der Waals surface area contributed by atoms with E-state index in [1.165, 1.54) is 12.1 Å². The minimum Gasteiger partial charge on any atom is -0.495 e. The molecule has 0 saturated carbocycles. The van der Waals surface area contributed by atoms with Crippen LogP contribution in [0, 0.1) is 12.7 Å². The van der Waals surface area contributed by atoms with E-state index in [-0.39, 0.29) is 11.9 Å². The van der Waals surface area contributed by atoms with E-state index in [0.717, 1.165) is 64.6 Å². The molecule has 7 heteroatoms. The second-order valence-electron chi connectivity index (χ2n) is 9.47. The van der Waals surface area contributed by atoms with Crippen LogP contribution >= 0.6 is 0 Å². The third-order valence-corrected chi connectivity index (χ3v) is 6.78. The standard InChI is InChI=1S/C31H32FN5O/c1-21-19-37(20-35-21)27-15-10-22(18-28(27)38-2)17-25-9-6-16-34-31(25)36-30(24-7-4-3-5-8-24)29(33)23-11-13-26(32)14-12-23/h3-5,7-8,10-15,17-20,29-30H,6,9,16,33H2,1-2H3,(H,34,36)/b25-17+. The summed E-state index contributed by atoms with van der Waals surface area (Å²) in [5.41, 5.74) is 12.7. The molecular formula is C31H32FN5O. The first-order valence-corrected chi connectivity index (χ1v) is 12.8. The van der Waals surface area contributed by atoms with E-state index in [1.54, 1.807) is 25.6 Å². The van der Waals surface area contributed by atoms with Crippen molar-refractivity contribution in [1.29, 1.82) is 0 Å². The highest BCUT2D eigenvalue weighted by molar-refractivity contribution is 6.03. The molecule has 2 atom stereocenters. The Bertz CT molecular complexity index is 1440. The van der Waals surface area contributed by atoms with Crippen LogP contribution in [0.15, 0.2) is 95.9 Å². The predicted molar refractivity (Wildman–Crippen MR) is 150 cm³/mol. The Morgan fingerprint density at radius 1 is 1.05 bits per heavy atom. The van der Waals surface area contributed by atoms with Gasteiger partial charge in [0.15, 0.2) is 0 Å². The van der Waals surface area contributed by atoms with Crippen LogP contribution in [0.2, 0.25) is 0 Å². The van der Waals surface area contributed by atoms with Gasteiger partial charge in [-0.1, -0.05) is 48.5 Å². The smallest absolute Gasteiger partial charge is 0.143 e. The Labute approximate surface area is 222 Å². The molecule has 0 radical (unpaired) electrons. The van der Waals surface area contributed by atoms with Crippen molar-refractivity contribution in [2.24, 2.45) is 10.7 Å². The van der Waals surface area contributed by atoms with Crippen LogP contribution < -0.4 is 15.8 Å². The summed E-state index contributed by atoms with van der Waals surface area (Å²) >= 11 is 0. The van der Waals surface area contributed by atoms with Crippen molar-refractivity contribution in [2.45, 2.75) is 31.8 Å². The fraction of sp³-hybridized carbons (Fsp3) is 0.226. The number of hydrogen-bond acceptors (Lipinski definition) is 5. The first-order chi connectivity index (χ1) is 18.5. The van der Waals surface area contributed by atoms with Gasteiger partial charge >= 0.3 is 0 Å². The summed E-state index contributed by atoms with van der Waals surface area (Å²) in [7, 11) is 1.68. The van der Waals surface area contributed by atoms with Crippen LogP contribution in [0.3, 0.4) is 0 Å². The number of hydrogen-bond donors (Lipinski definition) is 2. The molecule has 1 aliphatic heterocycles. The lowest BCUT2D eigenvalue weighted by molar-refractivity contribution is 0.413. The van der Waals surface area contributed by atoms with E-state index in [9.17, 15) is 4.39 Å². The number of nitrogens with two attached hydrogens (primary N) is 1. The number of ether oxygens (including phenoxy) is 1. The average Bonchev–Trinajstić information content (AvgIpc) is 3.39. The molecule has 2 unspecified atom stereocenters. The highest BCUT2D eigenvalue weighted by Crippen LogP contribution is 2.30. The molecular weight excluding hydrogens is 477 g/mol. The van der Waals surface area contributed by atoms with Crippen LogP contribution in [0.5, 0.6) is 5.75 Å². The minimum atomic E-state index is -0.401. The summed E-state index contributed by atoms with van der Waals surface area (Å²) in [6.45, 7) is 2.71. The average molecular weight is 510 g/mol. The third-order valence-electron chi connectivity index (χ3n) is 6.78. The number of aryl methyl sites for hydroxylation is 1. The van der Waals surface area contributed by atoms with E-state index in [4.69, 9.17) is 15.5 Å². The summed E-state index contributed by atoms with van der Waals surface area (Å²) in [6, 6.07) is 22.0. The molecule has 0 spiro atoms. The normalized spacial score (nSPS) is 16.1. The Kier molecular flexibility index (Phi) is 7.65. The number of nitrogens with zero attached hydrogens (tertiary/aromatic N) is 3. The SMILES string of the molecule is COc1cc(/C=C2\CCCN=C2NC(c2ccccc2)C(N)c2ccc(F)cc2)ccc1-n1cnc(C)c1. The molecule has 5 rings (SSSR count). The Hall–Kier alpha value is -4.23. The van der Waals surface area contributed by atoms with Gasteiger partial charge in [-0.05, 0) is 72.4 Å². The van der Waals surface area contributed by atoms with Crippen molar-refractivity contribution >= 4 is 11.9 Å². The van der Waals surface area contributed by atoms with Crippen LogP contribution in [0.25, 0.3) is 11.8 Å². The quantitative estimate of drug-likeness (QED) is 0.324. The van der Waals surface area contributed by atoms with Gasteiger partial charge in [0.2, 0.25) is 0 Å². The molecule has 0 bridgehead atoms. The number of benzene rings is 3. The largest absolute Gasteiger partial charge is 0.495 e. The zero-order valence-corrected chi connectivity index (χ0v) is 21.6. The van der Waals surface area contributed by atoms with Crippen molar-refractivity contribution in [1.82, 2.24) is 14.9 Å². The van der Waals surface area contributed by atoms with Gasteiger partial charge in [-0.3, -0.25) is 4.99 Å². The highest BCUT2D eigenvalue weighted by Gasteiger charge is 2.25. The Morgan fingerprint density at radius 2 is 1.84 bits per heavy atom. The topological polar surface area (TPSA) is 77.5 Å². The molecule has 3 aromatic carbocycles. The van der Waals surface area contributed by atoms with Crippen molar-refractivity contribution in [3.05, 3.63) is 119 Å². The Morgan fingerprint density at radius 3 is 2.55 bits per heavy atom. The zero-order chi connectivity index (χ0) is 26.5. The van der Waals surface area contributed by atoms with Crippen molar-refractivity contribution < 1.29 is 9.13 Å². The van der Waals surface area contributed by atoms with Crippen LogP contribution in [0.1, 0.15) is 47.3 Å². The summed E-state index contributed by atoms with van der Waals surface area (Å²) in [5.74, 6) is 1.31. The van der Waals surface area contributed by atoms with E-state index in [2.05, 4.69) is 34.6 Å². The monoisotopic (exact) mass is 509 g/mol. The number of imidazole rings is 1. The van der Waals surface area contributed by atoms with Gasteiger partial charge in [0, 0.05) is 12.7 Å². The molecule has 3 N–H and O–H groups in total. The van der Waals surface area contributed by atoms with E-state index >= 15 is 0 Å². The molecule has 0 fully saturated rings. The third kappa shape index (κ3) is 5.68. The van der Waals surface area contributed by atoms with Crippen molar-refractivity contribution in [3.8, 4) is 11.4 Å². The lowest BCUT2D eigenvalue weighted by atomic mass is 9.93. The number of aromatic nitrogens is 2. The maximum Gasteiger partial charge on any atom is 0.143 e. The lowest BCUT2D eigenvalue weighted by Crippen LogP contribution is -2.37. The van der Waals surface area contributed by atoms with E-state index < -0.39 is 6.04 Å². The second-order valence-corrected chi connectivity index (χ2v) is 9.47. The number of rotatable bonds is 7. The van der Waals surface area contributed by atoms with Crippen LogP contribution in [-0.2, 0) is 0 Å². The molecule has 4 aromatic rings. The van der Waals surface area contributed by atoms with Gasteiger partial charge in [-0.25, -0.2) is 9.37 Å². The number of aliphatic imine (C=N–C) groups is 1. The number of methoxy groups -OCH3 is 1. The fourth-order valence-electron chi connectivity index (χ4n) is 4.78. The highest BCUT2D eigenvalue weighted by atomic mass is 19.1. The summed E-state index contributed by atoms with van der Waals surface area (Å²) < 4.78 is 21.3. The van der Waals surface area contributed by atoms with Crippen LogP contribution in [-0.4, -0.2) is 29.0 Å². The van der Waals surface area contributed by atoms with E-state index in [0.29, 0.717) is 0 Å². The zero-order valence-electron chi connectivity index (χ0n) is 21.6. The molecule has 1 aromatic heterocycles. The molecule has 6 nitrogen and oxygen atoms in total. The first kappa shape index (κ1) is 25.4. The molecule has 0 saturated heterocycles. The van der Waals surface area contributed by atoms with Crippen molar-refractivity contribution in [2.75, 3.05) is 13.7 Å². The van der Waals surface area contributed by atoms with E-state index in [1.807, 2.05) is 48.0 Å². The predicted octanol–water partition coefficient (Wildman–Crippen LogP) is 5.94. The second kappa shape index (κ2) is 11.4. The van der Waals surface area contributed by atoms with Gasteiger partial charge in [-0.2, -0.15) is 0 Å². The lowest BCUT2D eigenvalue weighted by Gasteiger charge is -2.29. The molecule has 0 aliphatic carbocycles.